The molecule has 0 aromatic carbocycles. The molecule has 0 saturated heterocycles. The summed E-state index contributed by atoms with van der Waals surface area (Å²) in [5, 5.41) is 24.6. The highest BCUT2D eigenvalue weighted by Gasteiger charge is 2.28. The Morgan fingerprint density at radius 2 is 1.20 bits per heavy atom. The molecule has 0 heterocycles. The quantitative estimate of drug-likeness (QED) is 0.118. The molecule has 2 amide bonds. The highest BCUT2D eigenvalue weighted by Crippen LogP contribution is 2.13. The summed E-state index contributed by atoms with van der Waals surface area (Å²) in [5.74, 6) is -2.45. The lowest BCUT2D eigenvalue weighted by Crippen LogP contribution is -2.54. The van der Waals surface area contributed by atoms with Gasteiger partial charge in [-0.2, -0.15) is 0 Å². The molecular weight excluding hydrogens is 446 g/mol. The van der Waals surface area contributed by atoms with Crippen molar-refractivity contribution < 1.29 is 24.6 Å². The fourth-order valence-corrected chi connectivity index (χ4v) is 4.22. The molecule has 0 aromatic heterocycles. The van der Waals surface area contributed by atoms with Gasteiger partial charge in [0, 0.05) is 6.42 Å². The minimum atomic E-state index is -1.23. The van der Waals surface area contributed by atoms with Crippen LogP contribution in [0.25, 0.3) is 0 Å². The minimum Gasteiger partial charge on any atom is -0.480 e. The standard InChI is InChI=1S/C27H53N3O5/c1-3-4-5-6-7-8-9-10-11-12-13-14-15-16-17-18-21-29-25(22(2)31)26(33)30-23(27(34)35)19-20-24(28)32/h22-23,25,29,31H,3-21H2,1-2H3,(H2,28,32)(H,30,33)(H,34,35)/t22?,23-,25+/m1/s1. The smallest absolute Gasteiger partial charge is 0.326 e. The molecule has 0 rings (SSSR count). The van der Waals surface area contributed by atoms with Crippen LogP contribution in [-0.4, -0.2) is 52.7 Å². The first-order valence-electron chi connectivity index (χ1n) is 14.0. The van der Waals surface area contributed by atoms with Crippen molar-refractivity contribution in [1.29, 1.82) is 0 Å². The number of amides is 2. The Bertz CT molecular complexity index is 557. The number of carbonyl (C=O) groups is 3. The summed E-state index contributed by atoms with van der Waals surface area (Å²) >= 11 is 0. The molecule has 0 aliphatic heterocycles. The Morgan fingerprint density at radius 1 is 0.771 bits per heavy atom. The SMILES string of the molecule is CCCCCCCCCCCCCCCCCCN[C@H](C(=O)N[C@H](CCC(N)=O)C(=O)O)C(C)O. The van der Waals surface area contributed by atoms with Gasteiger partial charge >= 0.3 is 5.97 Å². The van der Waals surface area contributed by atoms with Crippen molar-refractivity contribution in [2.24, 2.45) is 5.73 Å². The van der Waals surface area contributed by atoms with Crippen molar-refractivity contribution >= 4 is 17.8 Å². The van der Waals surface area contributed by atoms with E-state index >= 15 is 0 Å². The van der Waals surface area contributed by atoms with E-state index in [4.69, 9.17) is 5.73 Å². The number of primary amides is 1. The lowest BCUT2D eigenvalue weighted by atomic mass is 10.0. The molecule has 6 N–H and O–H groups in total. The molecule has 8 nitrogen and oxygen atoms in total. The van der Waals surface area contributed by atoms with Gasteiger partial charge in [0.05, 0.1) is 6.10 Å². The average molecular weight is 500 g/mol. The normalized spacial score (nSPS) is 13.8. The summed E-state index contributed by atoms with van der Waals surface area (Å²) in [6.07, 6.45) is 19.4. The van der Waals surface area contributed by atoms with Crippen LogP contribution in [0.5, 0.6) is 0 Å². The van der Waals surface area contributed by atoms with E-state index in [-0.39, 0.29) is 12.8 Å². The van der Waals surface area contributed by atoms with Crippen LogP contribution in [0.4, 0.5) is 0 Å². The van der Waals surface area contributed by atoms with Gasteiger partial charge in [0.15, 0.2) is 0 Å². The first kappa shape index (κ1) is 33.3. The van der Waals surface area contributed by atoms with E-state index in [1.54, 1.807) is 0 Å². The highest BCUT2D eigenvalue weighted by molar-refractivity contribution is 5.87. The molecule has 35 heavy (non-hydrogen) atoms. The van der Waals surface area contributed by atoms with Crippen molar-refractivity contribution in [2.45, 2.75) is 148 Å². The average Bonchev–Trinajstić information content (AvgIpc) is 2.80. The molecule has 206 valence electrons. The Morgan fingerprint density at radius 3 is 1.57 bits per heavy atom. The zero-order chi connectivity index (χ0) is 26.3. The molecule has 0 aliphatic rings. The lowest BCUT2D eigenvalue weighted by molar-refractivity contribution is -0.143. The van der Waals surface area contributed by atoms with Crippen molar-refractivity contribution in [3.8, 4) is 0 Å². The molecule has 0 bridgehead atoms. The summed E-state index contributed by atoms with van der Waals surface area (Å²) in [6, 6.07) is -2.12. The van der Waals surface area contributed by atoms with Gasteiger partial charge in [0.2, 0.25) is 11.8 Å². The molecular formula is C27H53N3O5. The molecule has 0 aromatic rings. The summed E-state index contributed by atoms with van der Waals surface area (Å²) in [5.41, 5.74) is 5.06. The van der Waals surface area contributed by atoms with Crippen LogP contribution in [0.3, 0.4) is 0 Å². The van der Waals surface area contributed by atoms with E-state index in [2.05, 4.69) is 17.6 Å². The zero-order valence-corrected chi connectivity index (χ0v) is 22.4. The first-order valence-corrected chi connectivity index (χ1v) is 14.0. The van der Waals surface area contributed by atoms with Gasteiger partial charge in [-0.3, -0.25) is 9.59 Å². The first-order chi connectivity index (χ1) is 16.8. The Labute approximate surface area is 213 Å². The maximum Gasteiger partial charge on any atom is 0.326 e. The number of aliphatic hydroxyl groups excluding tert-OH is 1. The number of rotatable bonds is 25. The number of carboxylic acids is 1. The van der Waals surface area contributed by atoms with E-state index in [0.29, 0.717) is 6.54 Å². The second-order valence-corrected chi connectivity index (χ2v) is 9.88. The van der Waals surface area contributed by atoms with Gasteiger partial charge in [-0.15, -0.1) is 0 Å². The van der Waals surface area contributed by atoms with Gasteiger partial charge in [-0.1, -0.05) is 103 Å². The van der Waals surface area contributed by atoms with Gasteiger partial charge in [0.25, 0.3) is 0 Å². The Balaban J connectivity index is 3.80. The topological polar surface area (TPSA) is 142 Å². The Kier molecular flexibility index (Phi) is 21.7. The van der Waals surface area contributed by atoms with E-state index in [1.807, 2.05) is 0 Å². The monoisotopic (exact) mass is 499 g/mol. The number of unbranched alkanes of at least 4 members (excludes halogenated alkanes) is 15. The third-order valence-corrected chi connectivity index (χ3v) is 6.45. The Hall–Kier alpha value is -1.67. The molecule has 8 heteroatoms. The van der Waals surface area contributed by atoms with Crippen LogP contribution < -0.4 is 16.4 Å². The summed E-state index contributed by atoms with van der Waals surface area (Å²) in [6.45, 7) is 4.32. The largest absolute Gasteiger partial charge is 0.480 e. The van der Waals surface area contributed by atoms with Gasteiger partial charge in [-0.05, 0) is 26.3 Å². The molecule has 1 unspecified atom stereocenters. The maximum absolute atomic E-state index is 12.4. The summed E-state index contributed by atoms with van der Waals surface area (Å²) in [4.78, 5) is 34.7. The predicted molar refractivity (Wildman–Crippen MR) is 141 cm³/mol. The van der Waals surface area contributed by atoms with Crippen LogP contribution in [0.1, 0.15) is 129 Å². The van der Waals surface area contributed by atoms with Gasteiger partial charge < -0.3 is 26.6 Å². The highest BCUT2D eigenvalue weighted by atomic mass is 16.4. The number of carbonyl (C=O) groups excluding carboxylic acids is 2. The molecule has 0 spiro atoms. The number of carboxylic acid groups (broad SMARTS) is 1. The summed E-state index contributed by atoms with van der Waals surface area (Å²) in [7, 11) is 0. The van der Waals surface area contributed by atoms with E-state index < -0.39 is 36.0 Å². The number of nitrogens with one attached hydrogen (secondary N) is 2. The maximum atomic E-state index is 12.4. The number of aliphatic hydroxyl groups is 1. The van der Waals surface area contributed by atoms with Crippen LogP contribution in [0.15, 0.2) is 0 Å². The lowest BCUT2D eigenvalue weighted by Gasteiger charge is -2.23. The third kappa shape index (κ3) is 20.2. The minimum absolute atomic E-state index is 0.0813. The van der Waals surface area contributed by atoms with Crippen molar-refractivity contribution in [2.75, 3.05) is 6.54 Å². The van der Waals surface area contributed by atoms with Gasteiger partial charge in [-0.25, -0.2) is 4.79 Å². The van der Waals surface area contributed by atoms with E-state index in [0.717, 1.165) is 19.3 Å². The molecule has 3 atom stereocenters. The van der Waals surface area contributed by atoms with Crippen LogP contribution in [0.2, 0.25) is 0 Å². The number of hydrogen-bond donors (Lipinski definition) is 5. The fraction of sp³-hybridized carbons (Fsp3) is 0.889. The second kappa shape index (κ2) is 22.8. The van der Waals surface area contributed by atoms with Crippen molar-refractivity contribution in [3.63, 3.8) is 0 Å². The number of aliphatic carboxylic acids is 1. The van der Waals surface area contributed by atoms with Crippen LogP contribution in [0, 0.1) is 0 Å². The second-order valence-electron chi connectivity index (χ2n) is 9.88. The zero-order valence-electron chi connectivity index (χ0n) is 22.4. The molecule has 0 fully saturated rings. The molecule has 0 radical (unpaired) electrons. The molecule has 0 aliphatic carbocycles. The molecule has 0 saturated carbocycles. The number of nitrogens with two attached hydrogens (primary N) is 1. The fourth-order valence-electron chi connectivity index (χ4n) is 4.22. The van der Waals surface area contributed by atoms with Gasteiger partial charge in [0.1, 0.15) is 12.1 Å². The predicted octanol–water partition coefficient (Wildman–Crippen LogP) is 4.42. The summed E-state index contributed by atoms with van der Waals surface area (Å²) < 4.78 is 0. The van der Waals surface area contributed by atoms with Crippen molar-refractivity contribution in [1.82, 2.24) is 10.6 Å². The third-order valence-electron chi connectivity index (χ3n) is 6.45. The number of hydrogen-bond acceptors (Lipinski definition) is 5. The van der Waals surface area contributed by atoms with Crippen LogP contribution >= 0.6 is 0 Å². The van der Waals surface area contributed by atoms with E-state index in [9.17, 15) is 24.6 Å². The van der Waals surface area contributed by atoms with Crippen LogP contribution in [-0.2, 0) is 14.4 Å². The van der Waals surface area contributed by atoms with Crippen molar-refractivity contribution in [3.05, 3.63) is 0 Å². The van der Waals surface area contributed by atoms with E-state index in [1.165, 1.54) is 90.4 Å².